The van der Waals surface area contributed by atoms with Gasteiger partial charge in [-0.15, -0.1) is 11.3 Å². The summed E-state index contributed by atoms with van der Waals surface area (Å²) in [6.45, 7) is 2.78. The highest BCUT2D eigenvalue weighted by atomic mass is 35.5. The van der Waals surface area contributed by atoms with E-state index in [1.807, 2.05) is 41.8 Å². The standard InChI is InChI=1S/C16H15ClN2OS/c1-11(12-4-6-13(17)7-5-12)18-9-14-10-20-16(19-14)15-3-2-8-21-15/h2-8,10-11,18H,9H2,1H3. The zero-order chi connectivity index (χ0) is 14.7. The van der Waals surface area contributed by atoms with Gasteiger partial charge in [-0.1, -0.05) is 29.8 Å². The number of thiophene rings is 1. The maximum absolute atomic E-state index is 5.90. The summed E-state index contributed by atoms with van der Waals surface area (Å²) in [4.78, 5) is 5.54. The molecule has 0 radical (unpaired) electrons. The van der Waals surface area contributed by atoms with Gasteiger partial charge in [0.15, 0.2) is 0 Å². The van der Waals surface area contributed by atoms with Gasteiger partial charge in [0, 0.05) is 17.6 Å². The molecule has 1 aromatic carbocycles. The number of aromatic nitrogens is 1. The number of hydrogen-bond acceptors (Lipinski definition) is 4. The third-order valence-corrected chi connectivity index (χ3v) is 4.35. The molecule has 1 unspecified atom stereocenters. The minimum Gasteiger partial charge on any atom is -0.444 e. The fourth-order valence-corrected chi connectivity index (χ4v) is 2.81. The van der Waals surface area contributed by atoms with Crippen LogP contribution in [0, 0.1) is 0 Å². The molecule has 0 bridgehead atoms. The van der Waals surface area contributed by atoms with Gasteiger partial charge in [0.1, 0.15) is 6.26 Å². The van der Waals surface area contributed by atoms with E-state index in [2.05, 4.69) is 17.2 Å². The monoisotopic (exact) mass is 318 g/mol. The van der Waals surface area contributed by atoms with E-state index in [-0.39, 0.29) is 6.04 Å². The smallest absolute Gasteiger partial charge is 0.236 e. The van der Waals surface area contributed by atoms with E-state index in [0.717, 1.165) is 15.6 Å². The number of oxazole rings is 1. The lowest BCUT2D eigenvalue weighted by atomic mass is 10.1. The van der Waals surface area contributed by atoms with Gasteiger partial charge < -0.3 is 9.73 Å². The number of rotatable bonds is 5. The van der Waals surface area contributed by atoms with Gasteiger partial charge in [-0.2, -0.15) is 0 Å². The molecule has 0 aliphatic heterocycles. The van der Waals surface area contributed by atoms with E-state index >= 15 is 0 Å². The normalized spacial score (nSPS) is 12.5. The van der Waals surface area contributed by atoms with Crippen LogP contribution in [0.1, 0.15) is 24.2 Å². The number of hydrogen-bond donors (Lipinski definition) is 1. The van der Waals surface area contributed by atoms with Gasteiger partial charge in [0.2, 0.25) is 5.89 Å². The highest BCUT2D eigenvalue weighted by Crippen LogP contribution is 2.24. The molecular formula is C16H15ClN2OS. The summed E-state index contributed by atoms with van der Waals surface area (Å²) in [6, 6.07) is 12.1. The Balaban J connectivity index is 1.61. The second-order valence-corrected chi connectivity index (χ2v) is 6.16. The second-order valence-electron chi connectivity index (χ2n) is 4.78. The molecule has 21 heavy (non-hydrogen) atoms. The first-order valence-corrected chi connectivity index (χ1v) is 7.95. The molecule has 1 N–H and O–H groups in total. The van der Waals surface area contributed by atoms with Crippen LogP contribution >= 0.6 is 22.9 Å². The molecule has 3 nitrogen and oxygen atoms in total. The van der Waals surface area contributed by atoms with Crippen LogP contribution in [0.5, 0.6) is 0 Å². The quantitative estimate of drug-likeness (QED) is 0.726. The van der Waals surface area contributed by atoms with Crippen LogP contribution in [0.25, 0.3) is 10.8 Å². The molecule has 0 aliphatic carbocycles. The van der Waals surface area contributed by atoms with Gasteiger partial charge in [-0.25, -0.2) is 4.98 Å². The number of nitrogens with zero attached hydrogens (tertiary/aromatic N) is 1. The van der Waals surface area contributed by atoms with Crippen molar-refractivity contribution >= 4 is 22.9 Å². The number of nitrogens with one attached hydrogen (secondary N) is 1. The largest absolute Gasteiger partial charge is 0.444 e. The molecule has 0 aliphatic rings. The van der Waals surface area contributed by atoms with E-state index in [1.54, 1.807) is 17.6 Å². The van der Waals surface area contributed by atoms with Crippen LogP contribution < -0.4 is 5.32 Å². The number of benzene rings is 1. The molecule has 0 fully saturated rings. The fraction of sp³-hybridized carbons (Fsp3) is 0.188. The SMILES string of the molecule is CC(NCc1coc(-c2cccs2)n1)c1ccc(Cl)cc1. The van der Waals surface area contributed by atoms with Gasteiger partial charge in [0.25, 0.3) is 0 Å². The fourth-order valence-electron chi connectivity index (χ4n) is 2.03. The van der Waals surface area contributed by atoms with E-state index in [0.29, 0.717) is 12.4 Å². The maximum Gasteiger partial charge on any atom is 0.236 e. The van der Waals surface area contributed by atoms with Crippen molar-refractivity contribution in [1.29, 1.82) is 0 Å². The van der Waals surface area contributed by atoms with Crippen molar-refractivity contribution in [3.8, 4) is 10.8 Å². The van der Waals surface area contributed by atoms with Crippen LogP contribution in [0.15, 0.2) is 52.5 Å². The van der Waals surface area contributed by atoms with Crippen molar-refractivity contribution in [3.63, 3.8) is 0 Å². The van der Waals surface area contributed by atoms with Crippen LogP contribution in [-0.4, -0.2) is 4.98 Å². The third kappa shape index (κ3) is 3.53. The van der Waals surface area contributed by atoms with Crippen molar-refractivity contribution in [2.45, 2.75) is 19.5 Å². The van der Waals surface area contributed by atoms with Crippen molar-refractivity contribution in [1.82, 2.24) is 10.3 Å². The molecule has 2 heterocycles. The lowest BCUT2D eigenvalue weighted by molar-refractivity contribution is 0.554. The molecular weight excluding hydrogens is 304 g/mol. The minimum absolute atomic E-state index is 0.226. The van der Waals surface area contributed by atoms with E-state index < -0.39 is 0 Å². The maximum atomic E-state index is 5.90. The molecule has 3 aromatic rings. The van der Waals surface area contributed by atoms with Crippen LogP contribution in [0.4, 0.5) is 0 Å². The minimum atomic E-state index is 0.226. The Morgan fingerprint density at radius 3 is 2.81 bits per heavy atom. The lowest BCUT2D eigenvalue weighted by Gasteiger charge is -2.13. The molecule has 0 saturated heterocycles. The van der Waals surface area contributed by atoms with E-state index in [4.69, 9.17) is 16.0 Å². The first-order valence-electron chi connectivity index (χ1n) is 6.69. The summed E-state index contributed by atoms with van der Waals surface area (Å²) < 4.78 is 5.50. The van der Waals surface area contributed by atoms with Gasteiger partial charge in [0.05, 0.1) is 10.6 Å². The molecule has 2 aromatic heterocycles. The topological polar surface area (TPSA) is 38.1 Å². The van der Waals surface area contributed by atoms with Crippen molar-refractivity contribution < 1.29 is 4.42 Å². The summed E-state index contributed by atoms with van der Waals surface area (Å²) in [5, 5.41) is 6.20. The van der Waals surface area contributed by atoms with Gasteiger partial charge in [-0.3, -0.25) is 0 Å². The van der Waals surface area contributed by atoms with Crippen molar-refractivity contribution in [3.05, 3.63) is 64.3 Å². The summed E-state index contributed by atoms with van der Waals surface area (Å²) in [5.41, 5.74) is 2.10. The Labute approximate surface area is 132 Å². The Kier molecular flexibility index (Phi) is 4.39. The zero-order valence-electron chi connectivity index (χ0n) is 11.5. The van der Waals surface area contributed by atoms with Crippen LogP contribution in [0.3, 0.4) is 0 Å². The summed E-state index contributed by atoms with van der Waals surface area (Å²) in [5.74, 6) is 0.681. The molecule has 0 spiro atoms. The summed E-state index contributed by atoms with van der Waals surface area (Å²) in [6.07, 6.45) is 1.70. The van der Waals surface area contributed by atoms with Crippen LogP contribution in [0.2, 0.25) is 5.02 Å². The van der Waals surface area contributed by atoms with Gasteiger partial charge >= 0.3 is 0 Å². The first-order chi connectivity index (χ1) is 10.2. The molecule has 5 heteroatoms. The highest BCUT2D eigenvalue weighted by molar-refractivity contribution is 7.13. The van der Waals surface area contributed by atoms with E-state index in [9.17, 15) is 0 Å². The predicted molar refractivity (Wildman–Crippen MR) is 86.5 cm³/mol. The molecule has 0 amide bonds. The Bertz CT molecular complexity index is 691. The Morgan fingerprint density at radius 1 is 1.29 bits per heavy atom. The molecule has 108 valence electrons. The summed E-state index contributed by atoms with van der Waals surface area (Å²) >= 11 is 7.52. The van der Waals surface area contributed by atoms with E-state index in [1.165, 1.54) is 5.56 Å². The van der Waals surface area contributed by atoms with Crippen molar-refractivity contribution in [2.24, 2.45) is 0 Å². The average Bonchev–Trinajstić information content (AvgIpc) is 3.16. The van der Waals surface area contributed by atoms with Crippen LogP contribution in [-0.2, 0) is 6.54 Å². The summed E-state index contributed by atoms with van der Waals surface area (Å²) in [7, 11) is 0. The lowest BCUT2D eigenvalue weighted by Crippen LogP contribution is -2.18. The molecule has 1 atom stereocenters. The van der Waals surface area contributed by atoms with Gasteiger partial charge in [-0.05, 0) is 36.1 Å². The molecule has 3 rings (SSSR count). The highest BCUT2D eigenvalue weighted by Gasteiger charge is 2.09. The number of halogens is 1. The molecule has 0 saturated carbocycles. The Morgan fingerprint density at radius 2 is 2.10 bits per heavy atom. The predicted octanol–water partition coefficient (Wildman–Crippen LogP) is 4.91. The average molecular weight is 319 g/mol. The third-order valence-electron chi connectivity index (χ3n) is 3.24. The first kappa shape index (κ1) is 14.3. The second kappa shape index (κ2) is 6.43. The van der Waals surface area contributed by atoms with Crippen molar-refractivity contribution in [2.75, 3.05) is 0 Å². The Hall–Kier alpha value is -1.62. The zero-order valence-corrected chi connectivity index (χ0v) is 13.1.